The van der Waals surface area contributed by atoms with E-state index in [1.807, 2.05) is 12.3 Å². The number of rotatable bonds is 4. The maximum absolute atomic E-state index is 11.7. The average Bonchev–Trinajstić information content (AvgIpc) is 2.65. The standard InChI is InChI=1S/C10H11BrClNO3S/c1-5-4-17-8(7(5)12)9(14)13-3-6(11)10(15)16-2/h4,6H,3H2,1-2H3,(H,13,14). The van der Waals surface area contributed by atoms with Gasteiger partial charge in [0, 0.05) is 6.54 Å². The maximum atomic E-state index is 11.7. The number of nitrogens with one attached hydrogen (secondary N) is 1. The number of hydrogen-bond donors (Lipinski definition) is 1. The van der Waals surface area contributed by atoms with E-state index >= 15 is 0 Å². The number of alkyl halides is 1. The van der Waals surface area contributed by atoms with Crippen molar-refractivity contribution in [2.75, 3.05) is 13.7 Å². The van der Waals surface area contributed by atoms with Crippen molar-refractivity contribution in [2.24, 2.45) is 0 Å². The molecule has 0 fully saturated rings. The van der Waals surface area contributed by atoms with Crippen LogP contribution in [0.15, 0.2) is 5.38 Å². The molecule has 0 saturated heterocycles. The molecule has 0 bridgehead atoms. The molecule has 1 N–H and O–H groups in total. The minimum atomic E-state index is -0.559. The highest BCUT2D eigenvalue weighted by Crippen LogP contribution is 2.26. The SMILES string of the molecule is COC(=O)C(Br)CNC(=O)c1scc(C)c1Cl. The summed E-state index contributed by atoms with van der Waals surface area (Å²) in [5, 5.41) is 4.87. The largest absolute Gasteiger partial charge is 0.468 e. The fourth-order valence-electron chi connectivity index (χ4n) is 1.06. The van der Waals surface area contributed by atoms with Crippen LogP contribution < -0.4 is 5.32 Å². The highest BCUT2D eigenvalue weighted by atomic mass is 79.9. The highest BCUT2D eigenvalue weighted by Gasteiger charge is 2.19. The Kier molecular flexibility index (Phi) is 5.42. The zero-order chi connectivity index (χ0) is 13.0. The van der Waals surface area contributed by atoms with Crippen LogP contribution in [-0.4, -0.2) is 30.4 Å². The van der Waals surface area contributed by atoms with E-state index in [0.29, 0.717) is 9.90 Å². The van der Waals surface area contributed by atoms with Crippen molar-refractivity contribution in [1.29, 1.82) is 0 Å². The molecule has 7 heteroatoms. The van der Waals surface area contributed by atoms with Gasteiger partial charge in [-0.25, -0.2) is 0 Å². The summed E-state index contributed by atoms with van der Waals surface area (Å²) >= 11 is 10.3. The molecule has 0 saturated carbocycles. The molecule has 94 valence electrons. The number of hydrogen-bond acceptors (Lipinski definition) is 4. The predicted molar refractivity (Wildman–Crippen MR) is 71.1 cm³/mol. The molecule has 1 aromatic heterocycles. The van der Waals surface area contributed by atoms with Gasteiger partial charge in [0.15, 0.2) is 0 Å². The van der Waals surface area contributed by atoms with Gasteiger partial charge in [-0.15, -0.1) is 11.3 Å². The minimum Gasteiger partial charge on any atom is -0.468 e. The van der Waals surface area contributed by atoms with Crippen molar-refractivity contribution in [3.8, 4) is 0 Å². The zero-order valence-electron chi connectivity index (χ0n) is 9.25. The number of amides is 1. The van der Waals surface area contributed by atoms with Gasteiger partial charge in [-0.1, -0.05) is 27.5 Å². The summed E-state index contributed by atoms with van der Waals surface area (Å²) in [4.78, 5) is 22.7. The van der Waals surface area contributed by atoms with E-state index in [0.717, 1.165) is 5.56 Å². The Bertz CT molecular complexity index is 435. The van der Waals surface area contributed by atoms with Gasteiger partial charge in [-0.05, 0) is 17.9 Å². The Balaban J connectivity index is 2.56. The van der Waals surface area contributed by atoms with E-state index in [4.69, 9.17) is 11.6 Å². The molecule has 1 heterocycles. The van der Waals surface area contributed by atoms with Gasteiger partial charge in [0.05, 0.1) is 12.1 Å². The van der Waals surface area contributed by atoms with Crippen molar-refractivity contribution in [3.05, 3.63) is 20.8 Å². The normalized spacial score (nSPS) is 12.0. The van der Waals surface area contributed by atoms with Crippen LogP contribution in [0.1, 0.15) is 15.2 Å². The molecular formula is C10H11BrClNO3S. The first-order valence-corrected chi connectivity index (χ1v) is 6.88. The van der Waals surface area contributed by atoms with Crippen LogP contribution in [-0.2, 0) is 9.53 Å². The Morgan fingerprint density at radius 3 is 2.76 bits per heavy atom. The molecule has 1 atom stereocenters. The molecule has 1 aromatic rings. The Labute approximate surface area is 116 Å². The van der Waals surface area contributed by atoms with Crippen LogP contribution in [0.2, 0.25) is 5.02 Å². The topological polar surface area (TPSA) is 55.4 Å². The molecule has 0 aromatic carbocycles. The lowest BCUT2D eigenvalue weighted by Gasteiger charge is -2.08. The van der Waals surface area contributed by atoms with E-state index in [-0.39, 0.29) is 12.5 Å². The minimum absolute atomic E-state index is 0.152. The third kappa shape index (κ3) is 3.69. The van der Waals surface area contributed by atoms with Gasteiger partial charge < -0.3 is 10.1 Å². The first-order chi connectivity index (χ1) is 7.97. The van der Waals surface area contributed by atoms with Crippen molar-refractivity contribution in [3.63, 3.8) is 0 Å². The van der Waals surface area contributed by atoms with Crippen LogP contribution in [0.5, 0.6) is 0 Å². The van der Waals surface area contributed by atoms with Crippen LogP contribution in [0, 0.1) is 6.92 Å². The summed E-state index contributed by atoms with van der Waals surface area (Å²) in [7, 11) is 1.29. The Hall–Kier alpha value is -0.590. The lowest BCUT2D eigenvalue weighted by atomic mass is 10.3. The molecule has 1 rings (SSSR count). The molecule has 0 spiro atoms. The fraction of sp³-hybridized carbons (Fsp3) is 0.400. The predicted octanol–water partition coefficient (Wildman–Crippen LogP) is 2.38. The smallest absolute Gasteiger partial charge is 0.321 e. The first-order valence-electron chi connectivity index (χ1n) is 4.71. The third-order valence-corrected chi connectivity index (χ3v) is 4.40. The first kappa shape index (κ1) is 14.5. The van der Waals surface area contributed by atoms with Gasteiger partial charge >= 0.3 is 5.97 Å². The number of ether oxygens (including phenoxy) is 1. The van der Waals surface area contributed by atoms with Crippen molar-refractivity contribution in [2.45, 2.75) is 11.8 Å². The van der Waals surface area contributed by atoms with Gasteiger partial charge in [0.25, 0.3) is 5.91 Å². The second-order valence-electron chi connectivity index (χ2n) is 3.26. The van der Waals surface area contributed by atoms with Crippen molar-refractivity contribution in [1.82, 2.24) is 5.32 Å². The van der Waals surface area contributed by atoms with Crippen LogP contribution in [0.3, 0.4) is 0 Å². The van der Waals surface area contributed by atoms with E-state index in [2.05, 4.69) is 26.0 Å². The number of methoxy groups -OCH3 is 1. The van der Waals surface area contributed by atoms with Crippen LogP contribution >= 0.6 is 38.9 Å². The van der Waals surface area contributed by atoms with Crippen LogP contribution in [0.4, 0.5) is 0 Å². The third-order valence-electron chi connectivity index (χ3n) is 2.00. The molecule has 4 nitrogen and oxygen atoms in total. The molecule has 0 aliphatic heterocycles. The van der Waals surface area contributed by atoms with Crippen molar-refractivity contribution >= 4 is 50.7 Å². The second kappa shape index (κ2) is 6.37. The summed E-state index contributed by atoms with van der Waals surface area (Å²) in [6, 6.07) is 0. The summed E-state index contributed by atoms with van der Waals surface area (Å²) in [5.74, 6) is -0.722. The molecule has 17 heavy (non-hydrogen) atoms. The van der Waals surface area contributed by atoms with E-state index < -0.39 is 10.8 Å². The quantitative estimate of drug-likeness (QED) is 0.676. The molecule has 1 amide bonds. The number of carbonyl (C=O) groups excluding carboxylic acids is 2. The lowest BCUT2D eigenvalue weighted by molar-refractivity contribution is -0.139. The van der Waals surface area contributed by atoms with E-state index in [1.165, 1.54) is 18.4 Å². The number of aryl methyl sites for hydroxylation is 1. The number of halogens is 2. The number of thiophene rings is 1. The molecule has 1 unspecified atom stereocenters. The monoisotopic (exact) mass is 339 g/mol. The summed E-state index contributed by atoms with van der Waals surface area (Å²) < 4.78 is 4.52. The molecule has 0 radical (unpaired) electrons. The zero-order valence-corrected chi connectivity index (χ0v) is 12.4. The summed E-state index contributed by atoms with van der Waals surface area (Å²) in [5.41, 5.74) is 0.866. The van der Waals surface area contributed by atoms with Crippen LogP contribution in [0.25, 0.3) is 0 Å². The Morgan fingerprint density at radius 1 is 1.65 bits per heavy atom. The van der Waals surface area contributed by atoms with Gasteiger partial charge in [0.1, 0.15) is 9.70 Å². The second-order valence-corrected chi connectivity index (χ2v) is 5.63. The highest BCUT2D eigenvalue weighted by molar-refractivity contribution is 9.10. The fourth-order valence-corrected chi connectivity index (χ4v) is 2.60. The van der Waals surface area contributed by atoms with Crippen molar-refractivity contribution < 1.29 is 14.3 Å². The Morgan fingerprint density at radius 2 is 2.29 bits per heavy atom. The summed E-state index contributed by atoms with van der Waals surface area (Å²) in [6.07, 6.45) is 0. The molecule has 0 aliphatic rings. The molecular weight excluding hydrogens is 330 g/mol. The average molecular weight is 341 g/mol. The lowest BCUT2D eigenvalue weighted by Crippen LogP contribution is -2.33. The van der Waals surface area contributed by atoms with E-state index in [1.54, 1.807) is 0 Å². The maximum Gasteiger partial charge on any atom is 0.321 e. The summed E-state index contributed by atoms with van der Waals surface area (Å²) in [6.45, 7) is 1.98. The van der Waals surface area contributed by atoms with Gasteiger partial charge in [0.2, 0.25) is 0 Å². The van der Waals surface area contributed by atoms with Gasteiger partial charge in [-0.3, -0.25) is 9.59 Å². The number of carbonyl (C=O) groups is 2. The van der Waals surface area contributed by atoms with E-state index in [9.17, 15) is 9.59 Å². The van der Waals surface area contributed by atoms with Gasteiger partial charge in [-0.2, -0.15) is 0 Å². The molecule has 0 aliphatic carbocycles. The number of esters is 1.